The molecule has 0 saturated carbocycles. The summed E-state index contributed by atoms with van der Waals surface area (Å²) in [5.74, 6) is -2.26. The first-order chi connectivity index (χ1) is 13.0. The smallest absolute Gasteiger partial charge is 0.288 e. The van der Waals surface area contributed by atoms with Crippen molar-refractivity contribution in [3.63, 3.8) is 0 Å². The Bertz CT molecular complexity index is 919. The van der Waals surface area contributed by atoms with Crippen LogP contribution in [-0.2, 0) is 5.75 Å². The first-order valence-corrected chi connectivity index (χ1v) is 10.3. The van der Waals surface area contributed by atoms with Crippen molar-refractivity contribution in [1.82, 2.24) is 10.2 Å². The summed E-state index contributed by atoms with van der Waals surface area (Å²) in [6.45, 7) is 0. The molecule has 1 amide bonds. The molecule has 10 heteroatoms. The number of halogens is 2. The lowest BCUT2D eigenvalue weighted by molar-refractivity contribution is 0.1000. The number of benzene rings is 2. The number of rotatable bonds is 8. The van der Waals surface area contributed by atoms with Crippen LogP contribution in [-0.4, -0.2) is 21.9 Å². The Morgan fingerprint density at radius 2 is 1.96 bits per heavy atom. The summed E-state index contributed by atoms with van der Waals surface area (Å²) in [5, 5.41) is 11.9. The maximum absolute atomic E-state index is 12.3. The molecule has 5 nitrogen and oxygen atoms in total. The Balaban J connectivity index is 1.57. The Morgan fingerprint density at radius 1 is 1.19 bits per heavy atom. The number of anilines is 2. The van der Waals surface area contributed by atoms with E-state index in [4.69, 9.17) is 5.73 Å². The van der Waals surface area contributed by atoms with Gasteiger partial charge in [-0.1, -0.05) is 47.0 Å². The van der Waals surface area contributed by atoms with Crippen molar-refractivity contribution in [3.05, 3.63) is 59.7 Å². The maximum atomic E-state index is 12.3. The Kier molecular flexibility index (Phi) is 6.64. The summed E-state index contributed by atoms with van der Waals surface area (Å²) in [6.07, 6.45) is 0. The van der Waals surface area contributed by atoms with Crippen molar-refractivity contribution < 1.29 is 13.6 Å². The quantitative estimate of drug-likeness (QED) is 0.496. The van der Waals surface area contributed by atoms with Crippen LogP contribution in [0.1, 0.15) is 15.9 Å². The van der Waals surface area contributed by atoms with Crippen molar-refractivity contribution in [1.29, 1.82) is 0 Å². The first kappa shape index (κ1) is 19.6. The lowest BCUT2D eigenvalue weighted by atomic mass is 10.1. The van der Waals surface area contributed by atoms with Crippen molar-refractivity contribution >= 4 is 51.6 Å². The van der Waals surface area contributed by atoms with E-state index in [9.17, 15) is 13.6 Å². The van der Waals surface area contributed by atoms with Crippen LogP contribution in [0, 0.1) is 0 Å². The zero-order valence-corrected chi connectivity index (χ0v) is 16.2. The predicted molar refractivity (Wildman–Crippen MR) is 106 cm³/mol. The largest absolute Gasteiger partial charge is 0.366 e. The molecule has 2 aromatic carbocycles. The third-order valence-corrected chi connectivity index (χ3v) is 6.08. The van der Waals surface area contributed by atoms with Crippen LogP contribution >= 0.6 is 34.9 Å². The van der Waals surface area contributed by atoms with Crippen LogP contribution < -0.4 is 11.1 Å². The summed E-state index contributed by atoms with van der Waals surface area (Å²) in [4.78, 5) is 11.7. The summed E-state index contributed by atoms with van der Waals surface area (Å²) in [5.41, 5.74) is 7.47. The zero-order chi connectivity index (χ0) is 19.2. The molecule has 0 aliphatic rings. The molecule has 140 valence electrons. The van der Waals surface area contributed by atoms with E-state index < -0.39 is 11.7 Å². The van der Waals surface area contributed by atoms with Crippen molar-refractivity contribution in [2.24, 2.45) is 5.73 Å². The van der Waals surface area contributed by atoms with Gasteiger partial charge in [0, 0.05) is 21.9 Å². The van der Waals surface area contributed by atoms with Crippen LogP contribution in [0.4, 0.5) is 19.6 Å². The molecule has 0 spiro atoms. The highest BCUT2D eigenvalue weighted by Crippen LogP contribution is 2.31. The van der Waals surface area contributed by atoms with Gasteiger partial charge in [-0.3, -0.25) is 4.79 Å². The van der Waals surface area contributed by atoms with Gasteiger partial charge in [-0.05, 0) is 42.0 Å². The second-order valence-corrected chi connectivity index (χ2v) is 8.52. The average molecular weight is 425 g/mol. The normalized spacial score (nSPS) is 10.9. The average Bonchev–Trinajstić information content (AvgIpc) is 3.09. The number of amides is 1. The summed E-state index contributed by atoms with van der Waals surface area (Å²) < 4.78 is 25.4. The van der Waals surface area contributed by atoms with Crippen molar-refractivity contribution in [2.75, 3.05) is 5.32 Å². The highest BCUT2D eigenvalue weighted by Gasteiger charge is 2.08. The van der Waals surface area contributed by atoms with E-state index in [-0.39, 0.29) is 0 Å². The van der Waals surface area contributed by atoms with Gasteiger partial charge < -0.3 is 11.1 Å². The minimum atomic E-state index is -2.43. The molecule has 3 N–H and O–H groups in total. The maximum Gasteiger partial charge on any atom is 0.288 e. The highest BCUT2D eigenvalue weighted by atomic mass is 32.2. The third kappa shape index (κ3) is 5.91. The third-order valence-electron chi connectivity index (χ3n) is 3.31. The SMILES string of the molecule is NC(=O)c1cccc(CSc2nnc(Nc3ccc(SC(F)F)cc3)s2)c1. The topological polar surface area (TPSA) is 80.9 Å². The zero-order valence-electron chi connectivity index (χ0n) is 13.8. The molecule has 0 aliphatic heterocycles. The standard InChI is InChI=1S/C17H14F2N4OS3/c18-15(19)26-13-6-4-12(5-7-13)21-16-22-23-17(27-16)25-9-10-2-1-3-11(8-10)14(20)24/h1-8,15H,9H2,(H2,20,24)(H,21,22). The molecule has 1 aromatic heterocycles. The van der Waals surface area contributed by atoms with Crippen molar-refractivity contribution in [2.45, 2.75) is 20.7 Å². The molecular formula is C17H14F2N4OS3. The monoisotopic (exact) mass is 424 g/mol. The molecule has 0 aliphatic carbocycles. The van der Waals surface area contributed by atoms with Crippen LogP contribution in [0.3, 0.4) is 0 Å². The Hall–Kier alpha value is -2.17. The second kappa shape index (κ2) is 9.16. The molecule has 0 radical (unpaired) electrons. The van der Waals surface area contributed by atoms with E-state index in [1.807, 2.05) is 6.07 Å². The Labute approximate surface area is 166 Å². The summed E-state index contributed by atoms with van der Waals surface area (Å²) in [7, 11) is 0. The molecule has 1 heterocycles. The second-order valence-electron chi connectivity index (χ2n) is 5.25. The molecule has 0 bridgehead atoms. The number of thioether (sulfide) groups is 2. The van der Waals surface area contributed by atoms with E-state index in [0.717, 1.165) is 15.6 Å². The minimum absolute atomic E-state index is 0.456. The van der Waals surface area contributed by atoms with Gasteiger partial charge in [-0.25, -0.2) is 0 Å². The van der Waals surface area contributed by atoms with E-state index in [0.29, 0.717) is 33.1 Å². The lowest BCUT2D eigenvalue weighted by Crippen LogP contribution is -2.10. The first-order valence-electron chi connectivity index (χ1n) is 7.66. The number of hydrogen-bond acceptors (Lipinski definition) is 7. The van der Waals surface area contributed by atoms with Gasteiger partial charge in [0.15, 0.2) is 4.34 Å². The number of nitrogens with zero attached hydrogens (tertiary/aromatic N) is 2. The van der Waals surface area contributed by atoms with Gasteiger partial charge in [-0.15, -0.1) is 10.2 Å². The fourth-order valence-electron chi connectivity index (χ4n) is 2.12. The van der Waals surface area contributed by atoms with E-state index >= 15 is 0 Å². The number of primary amides is 1. The number of carbonyl (C=O) groups excluding carboxylic acids is 1. The van der Waals surface area contributed by atoms with Gasteiger partial charge in [0.2, 0.25) is 11.0 Å². The van der Waals surface area contributed by atoms with Crippen LogP contribution in [0.25, 0.3) is 0 Å². The van der Waals surface area contributed by atoms with Gasteiger partial charge in [0.1, 0.15) is 0 Å². The molecule has 0 saturated heterocycles. The molecule has 0 atom stereocenters. The number of nitrogens with two attached hydrogens (primary N) is 1. The van der Waals surface area contributed by atoms with E-state index in [2.05, 4.69) is 15.5 Å². The van der Waals surface area contributed by atoms with Gasteiger partial charge in [-0.2, -0.15) is 8.78 Å². The number of carbonyl (C=O) groups is 1. The molecular weight excluding hydrogens is 410 g/mol. The number of aromatic nitrogens is 2. The number of alkyl halides is 2. The fraction of sp³-hybridized carbons (Fsp3) is 0.118. The Morgan fingerprint density at radius 3 is 2.67 bits per heavy atom. The summed E-state index contributed by atoms with van der Waals surface area (Å²) >= 11 is 3.39. The molecule has 3 rings (SSSR count). The van der Waals surface area contributed by atoms with Gasteiger partial charge in [0.05, 0.1) is 0 Å². The molecule has 3 aromatic rings. The van der Waals surface area contributed by atoms with E-state index in [1.54, 1.807) is 42.5 Å². The minimum Gasteiger partial charge on any atom is -0.366 e. The van der Waals surface area contributed by atoms with Crippen LogP contribution in [0.5, 0.6) is 0 Å². The van der Waals surface area contributed by atoms with Crippen molar-refractivity contribution in [3.8, 4) is 0 Å². The number of hydrogen-bond donors (Lipinski definition) is 2. The van der Waals surface area contributed by atoms with E-state index in [1.165, 1.54) is 23.1 Å². The van der Waals surface area contributed by atoms with Gasteiger partial charge in [0.25, 0.3) is 5.76 Å². The molecule has 27 heavy (non-hydrogen) atoms. The molecule has 0 unspecified atom stereocenters. The predicted octanol–water partition coefficient (Wildman–Crippen LogP) is 4.99. The van der Waals surface area contributed by atoms with Crippen LogP contribution in [0.2, 0.25) is 0 Å². The summed E-state index contributed by atoms with van der Waals surface area (Å²) in [6, 6.07) is 13.8. The van der Waals surface area contributed by atoms with Crippen LogP contribution in [0.15, 0.2) is 57.8 Å². The fourth-order valence-corrected chi connectivity index (χ4v) is 4.34. The number of nitrogens with one attached hydrogen (secondary N) is 1. The lowest BCUT2D eigenvalue weighted by Gasteiger charge is -2.03. The highest BCUT2D eigenvalue weighted by molar-refractivity contribution is 8.00. The van der Waals surface area contributed by atoms with Gasteiger partial charge >= 0.3 is 0 Å². The molecule has 0 fully saturated rings.